The molecule has 1 aliphatic rings. The quantitative estimate of drug-likeness (QED) is 0.0328. The smallest absolute Gasteiger partial charge is 0.334 e. The first-order valence-electron chi connectivity index (χ1n) is 32.3. The van der Waals surface area contributed by atoms with Gasteiger partial charge in [0, 0.05) is 52.9 Å². The molecule has 0 N–H and O–H groups in total. The average Bonchev–Trinajstić information content (AvgIpc) is 0.762. The van der Waals surface area contributed by atoms with Crippen molar-refractivity contribution in [2.45, 2.75) is 253 Å². The number of halogens is 16. The van der Waals surface area contributed by atoms with Crippen LogP contribution in [0.3, 0.4) is 0 Å². The van der Waals surface area contributed by atoms with E-state index < -0.39 is 122 Å². The molecule has 0 radical (unpaired) electrons. The zero-order valence-corrected chi connectivity index (χ0v) is 85.7. The minimum absolute atomic E-state index is 0.434. The molecule has 1 saturated heterocycles. The van der Waals surface area contributed by atoms with Crippen LogP contribution in [0.15, 0.2) is 0 Å². The van der Waals surface area contributed by atoms with Crippen LogP contribution in [-0.4, -0.2) is 175 Å². The van der Waals surface area contributed by atoms with Crippen molar-refractivity contribution in [3.05, 3.63) is 0 Å². The van der Waals surface area contributed by atoms with Crippen molar-refractivity contribution >= 4 is 299 Å². The lowest BCUT2D eigenvalue weighted by Gasteiger charge is -2.51. The molecule has 0 amide bonds. The SMILES string of the molecule is C[Si](Cl)(Cl)CCCO[Si](C)(CC[Si]1(C)O[Si](C)(CC[Si](C)(OCCC[Si](C)(Cl)Cl)OCCC[Si](C)(Cl)Cl)O[Si](C)(CC[Si](C)(OCCC[Si](C)(Cl)Cl)OCCC[Si](C)(Cl)Cl)O[Si](C)(CC[Si](C)(OCCC[Si](C)(Cl)Cl)OCCC[Si](C)(Cl)Cl)O1)OCCC[Si](C)(Cl)Cl. The lowest BCUT2D eigenvalue weighted by atomic mass is 10.5. The highest BCUT2D eigenvalue weighted by atomic mass is 35.7. The Morgan fingerprint density at radius 3 is 0.413 bits per heavy atom. The van der Waals surface area contributed by atoms with Crippen molar-refractivity contribution in [1.82, 2.24) is 0 Å². The summed E-state index contributed by atoms with van der Waals surface area (Å²) in [6, 6.07) is 9.60. The van der Waals surface area contributed by atoms with Gasteiger partial charge in [-0.1, -0.05) is 0 Å². The molecule has 1 rings (SSSR count). The van der Waals surface area contributed by atoms with Gasteiger partial charge in [0.15, 0.2) is 0 Å². The van der Waals surface area contributed by atoms with E-state index in [0.717, 1.165) is 0 Å². The van der Waals surface area contributed by atoms with Crippen molar-refractivity contribution in [3.63, 3.8) is 0 Å². The van der Waals surface area contributed by atoms with Gasteiger partial charge in [0.2, 0.25) is 53.5 Å². The molecular weight excluding hydrogens is 1790 g/mol. The average molecular weight is 1900 g/mol. The predicted molar refractivity (Wildman–Crippen MR) is 445 cm³/mol. The second-order valence-electron chi connectivity index (χ2n) is 27.7. The van der Waals surface area contributed by atoms with Gasteiger partial charge in [-0.3, -0.25) is 0 Å². The maximum Gasteiger partial charge on any atom is 0.334 e. The Bertz CT molecular complexity index is 1690. The van der Waals surface area contributed by atoms with E-state index in [1.165, 1.54) is 0 Å². The zero-order chi connectivity index (χ0) is 71.1. The van der Waals surface area contributed by atoms with Crippen LogP contribution in [0.2, 0.25) is 201 Å². The lowest BCUT2D eigenvalue weighted by molar-refractivity contribution is 0.169. The fraction of sp³-hybridized carbons (Fsp3) is 1.00. The molecule has 1 aliphatic heterocycles. The molecule has 1 heterocycles. The Morgan fingerprint density at radius 1 is 0.207 bits per heavy atom. The molecule has 0 bridgehead atoms. The van der Waals surface area contributed by atoms with Crippen LogP contribution in [-0.2, 0) is 51.9 Å². The van der Waals surface area contributed by atoms with Crippen molar-refractivity contribution in [2.75, 3.05) is 52.9 Å². The highest BCUT2D eigenvalue weighted by Crippen LogP contribution is 2.43. The van der Waals surface area contributed by atoms with Crippen molar-refractivity contribution in [1.29, 1.82) is 0 Å². The van der Waals surface area contributed by atoms with E-state index in [2.05, 4.69) is 52.4 Å². The van der Waals surface area contributed by atoms with E-state index in [1.807, 2.05) is 52.4 Å². The van der Waals surface area contributed by atoms with Gasteiger partial charge in [-0.05, 0) is 253 Å². The minimum Gasteiger partial charge on any atom is -0.416 e. The van der Waals surface area contributed by atoms with E-state index >= 15 is 0 Å². The zero-order valence-electron chi connectivity index (χ0n) is 57.6. The van der Waals surface area contributed by atoms with Gasteiger partial charge < -0.3 is 51.9 Å². The third kappa shape index (κ3) is 52.6. The molecule has 552 valence electrons. The summed E-state index contributed by atoms with van der Waals surface area (Å²) in [6.07, 6.45) is 5.52. The van der Waals surface area contributed by atoms with Gasteiger partial charge in [-0.25, -0.2) is 0 Å². The summed E-state index contributed by atoms with van der Waals surface area (Å²) in [7, 11) is -25.9. The predicted octanol–water partition coefficient (Wildman–Crippen LogP) is 24.3. The molecule has 44 heteroatoms. The minimum atomic E-state index is -3.46. The standard InChI is InChI=1S/C48H112Cl16O12Si16/c1-77(49,50)33-17-25-65-85(9,66-26-18-34-78(2,51)52)41-45-89(13)73-90(14,46-42-86(10,67-27-19-35-79(3,53)54)68-28-20-36-80(4,55)56)75-92(16,48-44-88(12,71-31-23-39-83(7,61)62)72-32-24-40-84(8,63)64)76-91(15,74-89)47-43-87(11,69-29-21-37-81(5,57)58)70-30-22-38-82(6,59)60/h17-48H2,1-16H3. The highest BCUT2D eigenvalue weighted by Gasteiger charge is 2.59. The van der Waals surface area contributed by atoms with E-state index in [9.17, 15) is 0 Å². The Labute approximate surface area is 648 Å². The second-order valence-corrected chi connectivity index (χ2v) is 121. The van der Waals surface area contributed by atoms with Crippen LogP contribution in [0, 0.1) is 0 Å². The van der Waals surface area contributed by atoms with Gasteiger partial charge in [0.05, 0.1) is 0 Å². The molecule has 0 atom stereocenters. The van der Waals surface area contributed by atoms with Gasteiger partial charge >= 0.3 is 68.5 Å². The third-order valence-electron chi connectivity index (χ3n) is 15.2. The summed E-state index contributed by atoms with van der Waals surface area (Å²) in [4.78, 5) is 0. The molecule has 0 saturated carbocycles. The van der Waals surface area contributed by atoms with Crippen molar-refractivity contribution in [2.24, 2.45) is 0 Å². The van der Waals surface area contributed by atoms with Crippen LogP contribution in [0.4, 0.5) is 0 Å². The first kappa shape index (κ1) is 97.6. The molecule has 0 aromatic heterocycles. The van der Waals surface area contributed by atoms with E-state index in [4.69, 9.17) is 229 Å². The summed E-state index contributed by atoms with van der Waals surface area (Å²) < 4.78 is 87.1. The molecule has 0 aromatic rings. The molecule has 0 aromatic carbocycles. The largest absolute Gasteiger partial charge is 0.416 e. The third-order valence-corrected chi connectivity index (χ3v) is 65.7. The Balaban J connectivity index is 4.37. The normalized spacial score (nSPS) is 21.9. The molecule has 0 aliphatic carbocycles. The van der Waals surface area contributed by atoms with Crippen LogP contribution < -0.4 is 0 Å². The van der Waals surface area contributed by atoms with E-state index in [1.54, 1.807) is 0 Å². The number of rotatable bonds is 52. The van der Waals surface area contributed by atoms with Crippen LogP contribution in [0.25, 0.3) is 0 Å². The molecule has 1 fully saturated rings. The highest BCUT2D eigenvalue weighted by molar-refractivity contribution is 7.47. The maximum atomic E-state index is 7.98. The second kappa shape index (κ2) is 43.1. The molecular formula is C48H112Cl16O12Si16. The fourth-order valence-corrected chi connectivity index (χ4v) is 63.5. The van der Waals surface area contributed by atoms with Crippen molar-refractivity contribution < 1.29 is 51.9 Å². The van der Waals surface area contributed by atoms with Gasteiger partial charge in [0.25, 0.3) is 0 Å². The van der Waals surface area contributed by atoms with Crippen molar-refractivity contribution in [3.8, 4) is 0 Å². The molecule has 92 heavy (non-hydrogen) atoms. The lowest BCUT2D eigenvalue weighted by Crippen LogP contribution is -2.68. The van der Waals surface area contributed by atoms with Crippen LogP contribution in [0.5, 0.6) is 0 Å². The maximum absolute atomic E-state index is 7.98. The Kier molecular flexibility index (Phi) is 45.8. The van der Waals surface area contributed by atoms with Gasteiger partial charge in [0.1, 0.15) is 0 Å². The van der Waals surface area contributed by atoms with E-state index in [0.29, 0.717) is 201 Å². The van der Waals surface area contributed by atoms with Crippen LogP contribution in [0.1, 0.15) is 51.4 Å². The van der Waals surface area contributed by atoms with Gasteiger partial charge in [-0.15, -0.1) is 177 Å². The summed E-state index contributed by atoms with van der Waals surface area (Å²) >= 11 is 106. The number of hydrogen-bond acceptors (Lipinski definition) is 12. The van der Waals surface area contributed by atoms with Gasteiger partial charge in [-0.2, -0.15) is 0 Å². The van der Waals surface area contributed by atoms with Crippen LogP contribution >= 0.6 is 177 Å². The van der Waals surface area contributed by atoms with E-state index in [-0.39, 0.29) is 0 Å². The summed E-state index contributed by atoms with van der Waals surface area (Å²) in [5.41, 5.74) is 0. The number of hydrogen-bond donors (Lipinski definition) is 0. The summed E-state index contributed by atoms with van der Waals surface area (Å²) in [6.45, 7) is 16.7. The monoisotopic (exact) mass is 1890 g/mol. The molecule has 0 unspecified atom stereocenters. The topological polar surface area (TPSA) is 111 Å². The summed E-state index contributed by atoms with van der Waals surface area (Å²) in [5.74, 6) is 0. The first-order valence-corrected chi connectivity index (χ1v) is 90.3. The molecule has 0 spiro atoms. The fourth-order valence-electron chi connectivity index (χ4n) is 10.2. The molecule has 12 nitrogen and oxygen atoms in total. The first-order chi connectivity index (χ1) is 41.3. The Hall–Kier alpha value is 7.63. The Morgan fingerprint density at radius 2 is 0.315 bits per heavy atom. The summed E-state index contributed by atoms with van der Waals surface area (Å²) in [5, 5.41) is 0.